The van der Waals surface area contributed by atoms with Crippen molar-refractivity contribution in [2.45, 2.75) is 25.3 Å². The van der Waals surface area contributed by atoms with E-state index in [9.17, 15) is 9.59 Å². The summed E-state index contributed by atoms with van der Waals surface area (Å²) >= 11 is 0. The number of likely N-dealkylation sites (tertiary alicyclic amines) is 1. The highest BCUT2D eigenvalue weighted by Crippen LogP contribution is 2.37. The number of amides is 2. The largest absolute Gasteiger partial charge is 0.497 e. The molecule has 0 unspecified atom stereocenters. The maximum atomic E-state index is 13.0. The average Bonchev–Trinajstić information content (AvgIpc) is 2.69. The Bertz CT molecular complexity index is 650. The first-order chi connectivity index (χ1) is 13.5. The molecule has 1 N–H and O–H groups in total. The van der Waals surface area contributed by atoms with Crippen molar-refractivity contribution in [1.29, 1.82) is 0 Å². The molecule has 7 nitrogen and oxygen atoms in total. The lowest BCUT2D eigenvalue weighted by Crippen LogP contribution is -2.49. The van der Waals surface area contributed by atoms with E-state index in [2.05, 4.69) is 10.2 Å². The number of piperidine rings is 1. The first-order valence-electron chi connectivity index (χ1n) is 9.82. The molecule has 2 rings (SSSR count). The summed E-state index contributed by atoms with van der Waals surface area (Å²) in [5, 5.41) is 3.06. The molecule has 0 bridgehead atoms. The number of carbonyl (C=O) groups excluding carboxylic acids is 2. The van der Waals surface area contributed by atoms with Crippen LogP contribution in [0.2, 0.25) is 0 Å². The standard InChI is InChI=1S/C21H33N3O4/c1-23(2)12-6-11-22-21(26)18-9-10-19(25)24(13-14-27-3)20(18)16-7-5-8-17(15-16)28-4/h5,7-8,15,18,20H,6,9-14H2,1-4H3,(H,22,26)/t18-,20+/m1/s1. The Labute approximate surface area is 168 Å². The molecule has 0 saturated carbocycles. The summed E-state index contributed by atoms with van der Waals surface area (Å²) in [6, 6.07) is 7.31. The Morgan fingerprint density at radius 3 is 2.79 bits per heavy atom. The number of hydrogen-bond donors (Lipinski definition) is 1. The highest BCUT2D eigenvalue weighted by atomic mass is 16.5. The molecular weight excluding hydrogens is 358 g/mol. The van der Waals surface area contributed by atoms with Crippen molar-refractivity contribution in [3.8, 4) is 5.75 Å². The Kier molecular flexibility index (Phi) is 8.73. The van der Waals surface area contributed by atoms with Gasteiger partial charge in [-0.15, -0.1) is 0 Å². The summed E-state index contributed by atoms with van der Waals surface area (Å²) in [5.41, 5.74) is 0.914. The minimum absolute atomic E-state index is 0.00138. The number of methoxy groups -OCH3 is 2. The van der Waals surface area contributed by atoms with Gasteiger partial charge in [-0.2, -0.15) is 0 Å². The van der Waals surface area contributed by atoms with Crippen molar-refractivity contribution < 1.29 is 19.1 Å². The van der Waals surface area contributed by atoms with E-state index in [1.807, 2.05) is 38.4 Å². The van der Waals surface area contributed by atoms with Gasteiger partial charge in [0.2, 0.25) is 11.8 Å². The second kappa shape index (κ2) is 11.0. The molecule has 156 valence electrons. The van der Waals surface area contributed by atoms with Crippen molar-refractivity contribution in [3.05, 3.63) is 29.8 Å². The van der Waals surface area contributed by atoms with Crippen LogP contribution < -0.4 is 10.1 Å². The lowest BCUT2D eigenvalue weighted by atomic mass is 9.83. The van der Waals surface area contributed by atoms with Crippen LogP contribution in [0.25, 0.3) is 0 Å². The fourth-order valence-electron chi connectivity index (χ4n) is 3.66. The molecule has 1 aliphatic heterocycles. The molecule has 1 aromatic carbocycles. The van der Waals surface area contributed by atoms with Crippen molar-refractivity contribution in [2.75, 3.05) is 54.6 Å². The summed E-state index contributed by atoms with van der Waals surface area (Å²) in [5.74, 6) is 0.483. The second-order valence-corrected chi connectivity index (χ2v) is 7.39. The second-order valence-electron chi connectivity index (χ2n) is 7.39. The molecule has 1 heterocycles. The topological polar surface area (TPSA) is 71.1 Å². The van der Waals surface area contributed by atoms with E-state index in [1.54, 1.807) is 19.1 Å². The van der Waals surface area contributed by atoms with Crippen molar-refractivity contribution in [1.82, 2.24) is 15.1 Å². The number of nitrogens with zero attached hydrogens (tertiary/aromatic N) is 2. The summed E-state index contributed by atoms with van der Waals surface area (Å²) in [6.45, 7) is 2.44. The van der Waals surface area contributed by atoms with Crippen LogP contribution in [0.1, 0.15) is 30.9 Å². The van der Waals surface area contributed by atoms with E-state index in [-0.39, 0.29) is 23.8 Å². The van der Waals surface area contributed by atoms with Gasteiger partial charge in [-0.3, -0.25) is 9.59 Å². The predicted molar refractivity (Wildman–Crippen MR) is 108 cm³/mol. The Morgan fingerprint density at radius 1 is 1.32 bits per heavy atom. The highest BCUT2D eigenvalue weighted by molar-refractivity contribution is 5.85. The van der Waals surface area contributed by atoms with E-state index >= 15 is 0 Å². The number of nitrogens with one attached hydrogen (secondary N) is 1. The normalized spacial score (nSPS) is 19.8. The van der Waals surface area contributed by atoms with Gasteiger partial charge in [0, 0.05) is 26.6 Å². The van der Waals surface area contributed by atoms with Crippen LogP contribution in [0.4, 0.5) is 0 Å². The van der Waals surface area contributed by atoms with E-state index in [0.717, 1.165) is 18.5 Å². The molecule has 7 heteroatoms. The quantitative estimate of drug-likeness (QED) is 0.615. The molecule has 2 amide bonds. The molecule has 1 saturated heterocycles. The monoisotopic (exact) mass is 391 g/mol. The van der Waals surface area contributed by atoms with Crippen LogP contribution in [0.5, 0.6) is 5.75 Å². The van der Waals surface area contributed by atoms with Crippen LogP contribution in [-0.2, 0) is 14.3 Å². The van der Waals surface area contributed by atoms with Crippen molar-refractivity contribution in [2.24, 2.45) is 5.92 Å². The Balaban J connectivity index is 2.22. The summed E-state index contributed by atoms with van der Waals surface area (Å²) in [7, 11) is 7.26. The van der Waals surface area contributed by atoms with Gasteiger partial charge in [0.15, 0.2) is 0 Å². The number of carbonyl (C=O) groups is 2. The molecule has 0 aromatic heterocycles. The van der Waals surface area contributed by atoms with Gasteiger partial charge in [-0.1, -0.05) is 12.1 Å². The van der Waals surface area contributed by atoms with Gasteiger partial charge >= 0.3 is 0 Å². The first-order valence-corrected chi connectivity index (χ1v) is 9.82. The van der Waals surface area contributed by atoms with E-state index in [0.29, 0.717) is 38.3 Å². The zero-order valence-electron chi connectivity index (χ0n) is 17.4. The number of ether oxygens (including phenoxy) is 2. The smallest absolute Gasteiger partial charge is 0.225 e. The summed E-state index contributed by atoms with van der Waals surface area (Å²) in [4.78, 5) is 29.5. The molecule has 28 heavy (non-hydrogen) atoms. The predicted octanol–water partition coefficient (Wildman–Crippen LogP) is 1.69. The molecule has 0 spiro atoms. The first kappa shape index (κ1) is 22.2. The fraction of sp³-hybridized carbons (Fsp3) is 0.619. The Hall–Kier alpha value is -2.12. The molecule has 0 aliphatic carbocycles. The SMILES string of the molecule is COCCN1C(=O)CC[C@@H](C(=O)NCCCN(C)C)[C@@H]1c1cccc(OC)c1. The molecule has 2 atom stereocenters. The molecule has 1 aliphatic rings. The Morgan fingerprint density at radius 2 is 2.11 bits per heavy atom. The van der Waals surface area contributed by atoms with Crippen molar-refractivity contribution >= 4 is 11.8 Å². The lowest BCUT2D eigenvalue weighted by Gasteiger charge is -2.41. The minimum Gasteiger partial charge on any atom is -0.497 e. The van der Waals surface area contributed by atoms with Gasteiger partial charge in [0.1, 0.15) is 5.75 Å². The number of hydrogen-bond acceptors (Lipinski definition) is 5. The maximum absolute atomic E-state index is 13.0. The van der Waals surface area contributed by atoms with Crippen LogP contribution >= 0.6 is 0 Å². The van der Waals surface area contributed by atoms with Crippen LogP contribution in [-0.4, -0.2) is 76.2 Å². The third-order valence-corrected chi connectivity index (χ3v) is 5.10. The van der Waals surface area contributed by atoms with Gasteiger partial charge < -0.3 is 24.6 Å². The van der Waals surface area contributed by atoms with Gasteiger partial charge in [-0.25, -0.2) is 0 Å². The van der Waals surface area contributed by atoms with Crippen LogP contribution in [0.15, 0.2) is 24.3 Å². The third kappa shape index (κ3) is 5.94. The van der Waals surface area contributed by atoms with Gasteiger partial charge in [0.05, 0.1) is 25.7 Å². The molecule has 1 aromatic rings. The highest BCUT2D eigenvalue weighted by Gasteiger charge is 2.40. The zero-order valence-corrected chi connectivity index (χ0v) is 17.4. The average molecular weight is 392 g/mol. The van der Waals surface area contributed by atoms with E-state index < -0.39 is 0 Å². The molecule has 1 fully saturated rings. The molecule has 0 radical (unpaired) electrons. The summed E-state index contributed by atoms with van der Waals surface area (Å²) < 4.78 is 10.5. The van der Waals surface area contributed by atoms with Crippen molar-refractivity contribution in [3.63, 3.8) is 0 Å². The maximum Gasteiger partial charge on any atom is 0.225 e. The molecular formula is C21H33N3O4. The number of benzene rings is 1. The van der Waals surface area contributed by atoms with Crippen LogP contribution in [0.3, 0.4) is 0 Å². The lowest BCUT2D eigenvalue weighted by molar-refractivity contribution is -0.144. The zero-order chi connectivity index (χ0) is 20.5. The third-order valence-electron chi connectivity index (χ3n) is 5.10. The minimum atomic E-state index is -0.319. The van der Waals surface area contributed by atoms with E-state index in [1.165, 1.54) is 0 Å². The van der Waals surface area contributed by atoms with E-state index in [4.69, 9.17) is 9.47 Å². The summed E-state index contributed by atoms with van der Waals surface area (Å²) in [6.07, 6.45) is 1.81. The number of rotatable bonds is 10. The fourth-order valence-corrected chi connectivity index (χ4v) is 3.66. The van der Waals surface area contributed by atoms with Gasteiger partial charge in [0.25, 0.3) is 0 Å². The van der Waals surface area contributed by atoms with Gasteiger partial charge in [-0.05, 0) is 51.2 Å². The van der Waals surface area contributed by atoms with Crippen LogP contribution in [0, 0.1) is 5.92 Å².